The fraction of sp³-hybridized carbons (Fsp3) is 0.286. The molecule has 0 radical (unpaired) electrons. The molecule has 0 fully saturated rings. The maximum Gasteiger partial charge on any atom is 0.411 e. The largest absolute Gasteiger partial charge is 0.411 e. The molecule has 7 heteroatoms. The van der Waals surface area contributed by atoms with Gasteiger partial charge in [-0.3, -0.25) is 0 Å². The number of nitriles is 1. The lowest BCUT2D eigenvalue weighted by molar-refractivity contribution is -0.173. The van der Waals surface area contributed by atoms with Gasteiger partial charge in [0, 0.05) is 17.4 Å². The summed E-state index contributed by atoms with van der Waals surface area (Å²) in [7, 11) is 0. The van der Waals surface area contributed by atoms with Crippen LogP contribution in [-0.2, 0) is 11.2 Å². The summed E-state index contributed by atoms with van der Waals surface area (Å²) < 4.78 is 40.3. The molecule has 0 N–H and O–H groups in total. The van der Waals surface area contributed by atoms with E-state index in [1.807, 2.05) is 11.4 Å². The topological polar surface area (TPSA) is 45.9 Å². The minimum absolute atomic E-state index is 0.0141. The van der Waals surface area contributed by atoms with Crippen LogP contribution in [0.25, 0.3) is 11.3 Å². The van der Waals surface area contributed by atoms with Gasteiger partial charge in [-0.2, -0.15) is 18.4 Å². The third kappa shape index (κ3) is 4.85. The first kappa shape index (κ1) is 15.5. The van der Waals surface area contributed by atoms with Gasteiger partial charge in [0.05, 0.1) is 28.9 Å². The summed E-state index contributed by atoms with van der Waals surface area (Å²) in [6.07, 6.45) is -3.95. The Bertz CT molecular complexity index is 629. The Morgan fingerprint density at radius 3 is 2.57 bits per heavy atom. The van der Waals surface area contributed by atoms with Crippen molar-refractivity contribution >= 4 is 11.3 Å². The van der Waals surface area contributed by atoms with Crippen molar-refractivity contribution < 1.29 is 17.9 Å². The molecule has 2 rings (SSSR count). The van der Waals surface area contributed by atoms with Crippen LogP contribution >= 0.6 is 11.3 Å². The van der Waals surface area contributed by atoms with Crippen molar-refractivity contribution in [2.24, 2.45) is 0 Å². The molecule has 0 spiro atoms. The number of thiazole rings is 1. The van der Waals surface area contributed by atoms with E-state index in [0.29, 0.717) is 12.0 Å². The van der Waals surface area contributed by atoms with Gasteiger partial charge in [-0.1, -0.05) is 12.1 Å². The first-order valence-electron chi connectivity index (χ1n) is 6.07. The molecule has 0 saturated heterocycles. The normalized spacial score (nSPS) is 11.3. The van der Waals surface area contributed by atoms with Crippen LogP contribution in [0.3, 0.4) is 0 Å². The van der Waals surface area contributed by atoms with Gasteiger partial charge < -0.3 is 4.74 Å². The molecule has 0 aliphatic carbocycles. The van der Waals surface area contributed by atoms with E-state index in [9.17, 15) is 13.2 Å². The quantitative estimate of drug-likeness (QED) is 0.789. The second-order valence-electron chi connectivity index (χ2n) is 4.23. The molecule has 2 aromatic rings. The van der Waals surface area contributed by atoms with Gasteiger partial charge in [0.2, 0.25) is 0 Å². The van der Waals surface area contributed by atoms with E-state index in [1.165, 1.54) is 11.3 Å². The number of rotatable bonds is 5. The molecule has 0 amide bonds. The van der Waals surface area contributed by atoms with Crippen molar-refractivity contribution in [1.82, 2.24) is 4.98 Å². The summed E-state index contributed by atoms with van der Waals surface area (Å²) in [5, 5.41) is 11.3. The number of alkyl halides is 3. The number of nitrogens with zero attached hydrogens (tertiary/aromatic N) is 2. The van der Waals surface area contributed by atoms with Crippen LogP contribution in [-0.4, -0.2) is 24.4 Å². The minimum atomic E-state index is -4.30. The molecule has 0 aliphatic rings. The maximum atomic E-state index is 11.9. The van der Waals surface area contributed by atoms with Crippen molar-refractivity contribution in [3.8, 4) is 17.3 Å². The summed E-state index contributed by atoms with van der Waals surface area (Å²) in [6.45, 7) is -1.25. The van der Waals surface area contributed by atoms with Gasteiger partial charge >= 0.3 is 6.18 Å². The van der Waals surface area contributed by atoms with Gasteiger partial charge in [0.25, 0.3) is 0 Å². The molecule has 1 heterocycles. The third-order valence-corrected chi connectivity index (χ3v) is 3.50. The van der Waals surface area contributed by atoms with Crippen molar-refractivity contribution in [2.45, 2.75) is 12.6 Å². The molecule has 21 heavy (non-hydrogen) atoms. The van der Waals surface area contributed by atoms with E-state index in [1.54, 1.807) is 24.3 Å². The van der Waals surface area contributed by atoms with Gasteiger partial charge in [0.1, 0.15) is 6.61 Å². The smallest absolute Gasteiger partial charge is 0.372 e. The number of aromatic nitrogens is 1. The summed E-state index contributed by atoms with van der Waals surface area (Å²) in [6, 6.07) is 9.00. The highest BCUT2D eigenvalue weighted by molar-refractivity contribution is 7.09. The second kappa shape index (κ2) is 6.70. The molecule has 0 aliphatic heterocycles. The summed E-state index contributed by atoms with van der Waals surface area (Å²) in [5.74, 6) is 0. The average Bonchev–Trinajstić information content (AvgIpc) is 2.91. The molecule has 0 bridgehead atoms. The first-order chi connectivity index (χ1) is 9.98. The predicted molar refractivity (Wildman–Crippen MR) is 72.8 cm³/mol. The Labute approximate surface area is 123 Å². The van der Waals surface area contributed by atoms with Crippen molar-refractivity contribution in [3.63, 3.8) is 0 Å². The van der Waals surface area contributed by atoms with E-state index in [0.717, 1.165) is 16.3 Å². The third-order valence-electron chi connectivity index (χ3n) is 2.59. The SMILES string of the molecule is N#Cc1ccc(-c2csc(CCOCC(F)(F)F)n2)cc1. The van der Waals surface area contributed by atoms with Crippen molar-refractivity contribution in [2.75, 3.05) is 13.2 Å². The highest BCUT2D eigenvalue weighted by Crippen LogP contribution is 2.22. The van der Waals surface area contributed by atoms with Crippen LogP contribution in [0.4, 0.5) is 13.2 Å². The van der Waals surface area contributed by atoms with E-state index in [-0.39, 0.29) is 6.61 Å². The van der Waals surface area contributed by atoms with Crippen LogP contribution in [0.2, 0.25) is 0 Å². The Kier molecular flexibility index (Phi) is 4.94. The van der Waals surface area contributed by atoms with Gasteiger partial charge in [-0.15, -0.1) is 11.3 Å². The highest BCUT2D eigenvalue weighted by Gasteiger charge is 2.27. The van der Waals surface area contributed by atoms with E-state index in [4.69, 9.17) is 5.26 Å². The molecule has 0 saturated carbocycles. The lowest BCUT2D eigenvalue weighted by Gasteiger charge is -2.06. The van der Waals surface area contributed by atoms with Crippen LogP contribution in [0.5, 0.6) is 0 Å². The summed E-state index contributed by atoms with van der Waals surface area (Å²) >= 11 is 1.37. The van der Waals surface area contributed by atoms with E-state index >= 15 is 0 Å². The molecular weight excluding hydrogens is 301 g/mol. The number of benzene rings is 1. The van der Waals surface area contributed by atoms with E-state index in [2.05, 4.69) is 9.72 Å². The molecular formula is C14H11F3N2OS. The fourth-order valence-corrected chi connectivity index (χ4v) is 2.41. The lowest BCUT2D eigenvalue weighted by atomic mass is 10.1. The molecule has 1 aromatic heterocycles. The molecule has 110 valence electrons. The van der Waals surface area contributed by atoms with Crippen LogP contribution in [0.15, 0.2) is 29.6 Å². The number of hydrogen-bond donors (Lipinski definition) is 0. The van der Waals surface area contributed by atoms with Gasteiger partial charge in [-0.05, 0) is 12.1 Å². The zero-order chi connectivity index (χ0) is 15.3. The fourth-order valence-electron chi connectivity index (χ4n) is 1.62. The minimum Gasteiger partial charge on any atom is -0.372 e. The zero-order valence-electron chi connectivity index (χ0n) is 10.9. The Hall–Kier alpha value is -1.91. The summed E-state index contributed by atoms with van der Waals surface area (Å²) in [4.78, 5) is 4.34. The average molecular weight is 312 g/mol. The first-order valence-corrected chi connectivity index (χ1v) is 6.95. The maximum absolute atomic E-state index is 11.9. The Morgan fingerprint density at radius 1 is 1.24 bits per heavy atom. The lowest BCUT2D eigenvalue weighted by Crippen LogP contribution is -2.17. The Morgan fingerprint density at radius 2 is 1.95 bits per heavy atom. The summed E-state index contributed by atoms with van der Waals surface area (Å²) in [5.41, 5.74) is 2.18. The Balaban J connectivity index is 1.90. The van der Waals surface area contributed by atoms with Gasteiger partial charge in [0.15, 0.2) is 0 Å². The molecule has 3 nitrogen and oxygen atoms in total. The van der Waals surface area contributed by atoms with Crippen LogP contribution in [0, 0.1) is 11.3 Å². The number of ether oxygens (including phenoxy) is 1. The molecule has 0 atom stereocenters. The number of hydrogen-bond acceptors (Lipinski definition) is 4. The van der Waals surface area contributed by atoms with Crippen molar-refractivity contribution in [3.05, 3.63) is 40.2 Å². The van der Waals surface area contributed by atoms with E-state index < -0.39 is 12.8 Å². The van der Waals surface area contributed by atoms with Crippen LogP contribution in [0.1, 0.15) is 10.6 Å². The number of halogens is 3. The monoisotopic (exact) mass is 312 g/mol. The predicted octanol–water partition coefficient (Wildman–Crippen LogP) is 3.80. The van der Waals surface area contributed by atoms with Crippen LogP contribution < -0.4 is 0 Å². The highest BCUT2D eigenvalue weighted by atomic mass is 32.1. The molecule has 0 unspecified atom stereocenters. The van der Waals surface area contributed by atoms with Gasteiger partial charge in [-0.25, -0.2) is 4.98 Å². The van der Waals surface area contributed by atoms with Crippen molar-refractivity contribution in [1.29, 1.82) is 5.26 Å². The molecule has 1 aromatic carbocycles. The zero-order valence-corrected chi connectivity index (χ0v) is 11.7. The standard InChI is InChI=1S/C14H11F3N2OS/c15-14(16,17)9-20-6-5-13-19-12(8-21-13)11-3-1-10(7-18)2-4-11/h1-4,8H,5-6,9H2. The second-order valence-corrected chi connectivity index (χ2v) is 5.18.